The highest BCUT2D eigenvalue weighted by molar-refractivity contribution is 5.95. The van der Waals surface area contributed by atoms with Gasteiger partial charge in [0, 0.05) is 31.5 Å². The van der Waals surface area contributed by atoms with Crippen LogP contribution in [0, 0.1) is 0 Å². The van der Waals surface area contributed by atoms with E-state index in [4.69, 9.17) is 0 Å². The zero-order chi connectivity index (χ0) is 22.9. The van der Waals surface area contributed by atoms with Crippen molar-refractivity contribution in [3.8, 4) is 5.69 Å². The highest BCUT2D eigenvalue weighted by Gasteiger charge is 2.36. The smallest absolute Gasteiger partial charge is 0.352 e. The van der Waals surface area contributed by atoms with Crippen LogP contribution in [-0.2, 0) is 11.0 Å². The number of benzene rings is 1. The molecule has 0 bridgehead atoms. The Morgan fingerprint density at radius 2 is 2.00 bits per heavy atom. The summed E-state index contributed by atoms with van der Waals surface area (Å²) in [6.45, 7) is 2.95. The maximum atomic E-state index is 13.4. The molecule has 6 nitrogen and oxygen atoms in total. The van der Waals surface area contributed by atoms with Gasteiger partial charge in [-0.25, -0.2) is 4.68 Å². The normalized spacial score (nSPS) is 19.1. The van der Waals surface area contributed by atoms with Crippen LogP contribution in [0.3, 0.4) is 0 Å². The summed E-state index contributed by atoms with van der Waals surface area (Å²) >= 11 is 0. The maximum absolute atomic E-state index is 13.4. The minimum Gasteiger partial charge on any atom is -0.352 e. The lowest BCUT2D eigenvalue weighted by atomic mass is 10.0. The van der Waals surface area contributed by atoms with E-state index in [1.54, 1.807) is 11.0 Å². The Kier molecular flexibility index (Phi) is 6.26. The summed E-state index contributed by atoms with van der Waals surface area (Å²) < 4.78 is 41.0. The predicted octanol–water partition coefficient (Wildman–Crippen LogP) is 4.29. The van der Waals surface area contributed by atoms with Crippen molar-refractivity contribution in [3.05, 3.63) is 47.3 Å². The van der Waals surface area contributed by atoms with Gasteiger partial charge in [-0.2, -0.15) is 18.3 Å². The molecule has 32 heavy (non-hydrogen) atoms. The van der Waals surface area contributed by atoms with Gasteiger partial charge >= 0.3 is 6.18 Å². The number of aromatic nitrogens is 2. The summed E-state index contributed by atoms with van der Waals surface area (Å²) in [5.74, 6) is -0.0850. The fourth-order valence-electron chi connectivity index (χ4n) is 4.27. The van der Waals surface area contributed by atoms with E-state index in [9.17, 15) is 22.8 Å². The number of alkyl halides is 3. The monoisotopic (exact) mass is 448 g/mol. The van der Waals surface area contributed by atoms with Crippen LogP contribution in [0.4, 0.5) is 13.2 Å². The van der Waals surface area contributed by atoms with Crippen molar-refractivity contribution < 1.29 is 22.8 Å². The zero-order valence-electron chi connectivity index (χ0n) is 18.0. The Labute approximate surface area is 184 Å². The average molecular weight is 448 g/mol. The van der Waals surface area contributed by atoms with Crippen LogP contribution in [0.2, 0.25) is 0 Å². The molecule has 0 radical (unpaired) electrons. The van der Waals surface area contributed by atoms with Crippen molar-refractivity contribution in [2.75, 3.05) is 13.1 Å². The molecule has 1 aromatic heterocycles. The summed E-state index contributed by atoms with van der Waals surface area (Å²) in [7, 11) is 0. The number of piperidine rings is 1. The molecule has 2 amide bonds. The molecule has 2 aromatic rings. The highest BCUT2D eigenvalue weighted by Crippen LogP contribution is 2.43. The van der Waals surface area contributed by atoms with Crippen LogP contribution < -0.4 is 5.32 Å². The maximum Gasteiger partial charge on any atom is 0.416 e. The summed E-state index contributed by atoms with van der Waals surface area (Å²) in [6, 6.07) is 4.92. The lowest BCUT2D eigenvalue weighted by molar-refractivity contribution is -0.137. The molecule has 2 fully saturated rings. The second-order valence-electron chi connectivity index (χ2n) is 8.59. The third-order valence-corrected chi connectivity index (χ3v) is 5.97. The molecule has 1 unspecified atom stereocenters. The van der Waals surface area contributed by atoms with E-state index in [1.807, 2.05) is 6.92 Å². The highest BCUT2D eigenvalue weighted by atomic mass is 19.4. The molecule has 4 rings (SSSR count). The largest absolute Gasteiger partial charge is 0.416 e. The first-order valence-electron chi connectivity index (χ1n) is 11.1. The lowest BCUT2D eigenvalue weighted by Crippen LogP contribution is -2.49. The predicted molar refractivity (Wildman–Crippen MR) is 113 cm³/mol. The summed E-state index contributed by atoms with van der Waals surface area (Å²) in [5, 5.41) is 7.31. The molecule has 9 heteroatoms. The third kappa shape index (κ3) is 4.81. The van der Waals surface area contributed by atoms with Crippen LogP contribution >= 0.6 is 0 Å². The number of nitrogens with zero attached hydrogens (tertiary/aromatic N) is 3. The van der Waals surface area contributed by atoms with Crippen molar-refractivity contribution in [2.45, 2.75) is 63.6 Å². The van der Waals surface area contributed by atoms with E-state index in [2.05, 4.69) is 10.4 Å². The Balaban J connectivity index is 1.58. The number of rotatable bonds is 6. The number of carbonyl (C=O) groups excluding carboxylic acids is 2. The average Bonchev–Trinajstić information content (AvgIpc) is 3.50. The number of amides is 2. The van der Waals surface area contributed by atoms with Crippen LogP contribution in [0.15, 0.2) is 30.5 Å². The van der Waals surface area contributed by atoms with Crippen molar-refractivity contribution in [1.82, 2.24) is 20.0 Å². The van der Waals surface area contributed by atoms with Gasteiger partial charge in [-0.1, -0.05) is 13.0 Å². The quantitative estimate of drug-likeness (QED) is 0.717. The van der Waals surface area contributed by atoms with Gasteiger partial charge in [0.2, 0.25) is 5.91 Å². The first-order chi connectivity index (χ1) is 15.3. The molecule has 1 aromatic carbocycles. The second kappa shape index (κ2) is 8.96. The number of likely N-dealkylation sites (tertiary alicyclic amines) is 1. The molecule has 172 valence electrons. The van der Waals surface area contributed by atoms with E-state index in [0.29, 0.717) is 36.5 Å². The van der Waals surface area contributed by atoms with Crippen LogP contribution in [0.1, 0.15) is 73.0 Å². The van der Waals surface area contributed by atoms with Crippen molar-refractivity contribution in [2.24, 2.45) is 0 Å². The number of hydrogen-bond donors (Lipinski definition) is 1. The summed E-state index contributed by atoms with van der Waals surface area (Å²) in [5.41, 5.74) is 0.655. The molecule has 1 saturated heterocycles. The summed E-state index contributed by atoms with van der Waals surface area (Å²) in [4.78, 5) is 27.0. The molecule has 1 N–H and O–H groups in total. The number of nitrogens with one attached hydrogen (secondary N) is 1. The van der Waals surface area contributed by atoms with Crippen molar-refractivity contribution in [1.29, 1.82) is 0 Å². The number of carbonyl (C=O) groups is 2. The van der Waals surface area contributed by atoms with E-state index in [0.717, 1.165) is 44.2 Å². The van der Waals surface area contributed by atoms with Gasteiger partial charge in [-0.05, 0) is 50.3 Å². The standard InChI is InChI=1S/C23H27F3N4O2/c1-2-5-20(31)28-17-7-4-11-29(14-17)22(32)19-13-27-30(21(19)15-9-10-15)18-8-3-6-16(12-18)23(24,25)26/h3,6,8,12-13,15,17H,2,4-5,7,9-11,14H2,1H3,(H,28,31). The van der Waals surface area contributed by atoms with Crippen LogP contribution in [-0.4, -0.2) is 45.6 Å². The Bertz CT molecular complexity index is 997. The second-order valence-corrected chi connectivity index (χ2v) is 8.59. The molecule has 1 aliphatic carbocycles. The van der Waals surface area contributed by atoms with Crippen molar-refractivity contribution >= 4 is 11.8 Å². The van der Waals surface area contributed by atoms with Crippen LogP contribution in [0.25, 0.3) is 5.69 Å². The lowest BCUT2D eigenvalue weighted by Gasteiger charge is -2.33. The Morgan fingerprint density at radius 3 is 2.69 bits per heavy atom. The Hall–Kier alpha value is -2.84. The number of hydrogen-bond acceptors (Lipinski definition) is 3. The van der Waals surface area contributed by atoms with Crippen molar-refractivity contribution in [3.63, 3.8) is 0 Å². The molecule has 2 aliphatic rings. The molecule has 1 saturated carbocycles. The van der Waals surface area contributed by atoms with E-state index in [1.165, 1.54) is 16.9 Å². The van der Waals surface area contributed by atoms with Crippen LogP contribution in [0.5, 0.6) is 0 Å². The van der Waals surface area contributed by atoms with E-state index < -0.39 is 11.7 Å². The summed E-state index contributed by atoms with van der Waals surface area (Å²) in [6.07, 6.45) is 1.59. The van der Waals surface area contributed by atoms with E-state index >= 15 is 0 Å². The SMILES string of the molecule is CCCC(=O)NC1CCCN(C(=O)c2cnn(-c3cccc(C(F)(F)F)c3)c2C2CC2)C1. The molecular formula is C23H27F3N4O2. The molecule has 1 aliphatic heterocycles. The van der Waals surface area contributed by atoms with Gasteiger partial charge in [0.25, 0.3) is 5.91 Å². The minimum atomic E-state index is -4.45. The number of halogens is 3. The first kappa shape index (κ1) is 22.4. The van der Waals surface area contributed by atoms with Gasteiger partial charge in [-0.15, -0.1) is 0 Å². The molecule has 1 atom stereocenters. The molecule has 0 spiro atoms. The first-order valence-corrected chi connectivity index (χ1v) is 11.1. The fraction of sp³-hybridized carbons (Fsp3) is 0.522. The topological polar surface area (TPSA) is 67.2 Å². The minimum absolute atomic E-state index is 0.0113. The van der Waals surface area contributed by atoms with Gasteiger partial charge in [0.05, 0.1) is 28.7 Å². The molecular weight excluding hydrogens is 421 g/mol. The Morgan fingerprint density at radius 1 is 1.22 bits per heavy atom. The zero-order valence-corrected chi connectivity index (χ0v) is 18.0. The van der Waals surface area contributed by atoms with Gasteiger partial charge in [0.15, 0.2) is 0 Å². The van der Waals surface area contributed by atoms with Gasteiger partial charge in [0.1, 0.15) is 0 Å². The molecule has 2 heterocycles. The van der Waals surface area contributed by atoms with Gasteiger partial charge in [-0.3, -0.25) is 9.59 Å². The fourth-order valence-corrected chi connectivity index (χ4v) is 4.27. The van der Waals surface area contributed by atoms with Gasteiger partial charge < -0.3 is 10.2 Å². The van der Waals surface area contributed by atoms with E-state index in [-0.39, 0.29) is 23.8 Å². The third-order valence-electron chi connectivity index (χ3n) is 5.97.